The third kappa shape index (κ3) is 4.39. The highest BCUT2D eigenvalue weighted by atomic mass is 16.5. The Morgan fingerprint density at radius 1 is 1.11 bits per heavy atom. The Labute approximate surface area is 167 Å². The van der Waals surface area contributed by atoms with E-state index in [0.717, 1.165) is 51.1 Å². The van der Waals surface area contributed by atoms with E-state index >= 15 is 0 Å². The van der Waals surface area contributed by atoms with Crippen LogP contribution >= 0.6 is 0 Å². The highest BCUT2D eigenvalue weighted by molar-refractivity contribution is 5.82. The normalized spacial score (nSPS) is 20.7. The predicted molar refractivity (Wildman–Crippen MR) is 111 cm³/mol. The Morgan fingerprint density at radius 2 is 1.86 bits per heavy atom. The Morgan fingerprint density at radius 3 is 2.61 bits per heavy atom. The van der Waals surface area contributed by atoms with Gasteiger partial charge in [0.15, 0.2) is 0 Å². The van der Waals surface area contributed by atoms with Gasteiger partial charge in [-0.3, -0.25) is 9.69 Å². The molecule has 1 atom stereocenters. The quantitative estimate of drug-likeness (QED) is 0.800. The molecule has 4 nitrogen and oxygen atoms in total. The van der Waals surface area contributed by atoms with Crippen molar-refractivity contribution in [2.24, 2.45) is 11.3 Å². The summed E-state index contributed by atoms with van der Waals surface area (Å²) in [6, 6.07) is 18.7. The molecule has 2 aliphatic rings. The standard InChI is InChI=1S/C24H30N2O2/c1-28-21-9-5-8-19(16-21)10-13-25-23(27)22-17-24(22)11-14-26(15-12-24)18-20-6-3-2-4-7-20/h2-9,16,22H,10-15,17-18H2,1H3,(H,25,27). The monoisotopic (exact) mass is 378 g/mol. The molecule has 2 aromatic carbocycles. The zero-order chi connectivity index (χ0) is 19.4. The van der Waals surface area contributed by atoms with E-state index in [1.165, 1.54) is 11.1 Å². The van der Waals surface area contributed by atoms with E-state index in [0.29, 0.717) is 6.54 Å². The number of carbonyl (C=O) groups is 1. The van der Waals surface area contributed by atoms with Gasteiger partial charge in [0.2, 0.25) is 5.91 Å². The van der Waals surface area contributed by atoms with E-state index in [1.807, 2.05) is 18.2 Å². The van der Waals surface area contributed by atoms with E-state index in [9.17, 15) is 4.79 Å². The molecule has 28 heavy (non-hydrogen) atoms. The third-order valence-electron chi connectivity index (χ3n) is 6.45. The van der Waals surface area contributed by atoms with Gasteiger partial charge in [0.1, 0.15) is 5.75 Å². The Hall–Kier alpha value is -2.33. The smallest absolute Gasteiger partial charge is 0.223 e. The number of nitrogens with zero attached hydrogens (tertiary/aromatic N) is 1. The minimum absolute atomic E-state index is 0.219. The van der Waals surface area contributed by atoms with Crippen LogP contribution in [0.3, 0.4) is 0 Å². The molecule has 1 saturated carbocycles. The molecule has 0 aromatic heterocycles. The summed E-state index contributed by atoms with van der Waals surface area (Å²) >= 11 is 0. The number of piperidine rings is 1. The summed E-state index contributed by atoms with van der Waals surface area (Å²) in [5.74, 6) is 1.34. The fraction of sp³-hybridized carbons (Fsp3) is 0.458. The molecule has 1 aliphatic carbocycles. The van der Waals surface area contributed by atoms with Crippen molar-refractivity contribution in [3.63, 3.8) is 0 Å². The Kier molecular flexibility index (Phi) is 5.67. The fourth-order valence-electron chi connectivity index (χ4n) is 4.55. The van der Waals surface area contributed by atoms with Crippen LogP contribution in [-0.4, -0.2) is 37.6 Å². The first-order chi connectivity index (χ1) is 13.7. The largest absolute Gasteiger partial charge is 0.497 e. The van der Waals surface area contributed by atoms with Crippen LogP contribution in [0.1, 0.15) is 30.4 Å². The summed E-state index contributed by atoms with van der Waals surface area (Å²) in [5.41, 5.74) is 2.84. The number of methoxy groups -OCH3 is 1. The molecule has 0 radical (unpaired) electrons. The number of rotatable bonds is 7. The van der Waals surface area contributed by atoms with Gasteiger partial charge in [-0.05, 0) is 67.4 Å². The van der Waals surface area contributed by atoms with E-state index in [1.54, 1.807) is 7.11 Å². The highest BCUT2D eigenvalue weighted by Gasteiger charge is 2.58. The SMILES string of the molecule is COc1cccc(CCNC(=O)C2CC23CCN(Cc2ccccc2)CC3)c1. The first kappa shape index (κ1) is 19.0. The number of carbonyl (C=O) groups excluding carboxylic acids is 1. The maximum absolute atomic E-state index is 12.6. The number of ether oxygens (including phenoxy) is 1. The second kappa shape index (κ2) is 8.36. The lowest BCUT2D eigenvalue weighted by molar-refractivity contribution is -0.123. The summed E-state index contributed by atoms with van der Waals surface area (Å²) < 4.78 is 5.26. The molecule has 1 saturated heterocycles. The lowest BCUT2D eigenvalue weighted by atomic mass is 9.90. The second-order valence-corrected chi connectivity index (χ2v) is 8.27. The van der Waals surface area contributed by atoms with Gasteiger partial charge in [-0.25, -0.2) is 0 Å². The number of hydrogen-bond acceptors (Lipinski definition) is 3. The average molecular weight is 379 g/mol. The van der Waals surface area contributed by atoms with Crippen molar-refractivity contribution in [1.82, 2.24) is 10.2 Å². The number of amides is 1. The summed E-state index contributed by atoms with van der Waals surface area (Å²) in [5, 5.41) is 3.16. The van der Waals surface area contributed by atoms with Crippen molar-refractivity contribution in [2.75, 3.05) is 26.7 Å². The van der Waals surface area contributed by atoms with Crippen molar-refractivity contribution >= 4 is 5.91 Å². The molecule has 2 aromatic rings. The zero-order valence-electron chi connectivity index (χ0n) is 16.7. The fourth-order valence-corrected chi connectivity index (χ4v) is 4.55. The minimum atomic E-state index is 0.219. The average Bonchev–Trinajstić information content (AvgIpc) is 3.44. The predicted octanol–water partition coefficient (Wildman–Crippen LogP) is 3.66. The molecule has 4 heteroatoms. The second-order valence-electron chi connectivity index (χ2n) is 8.27. The molecule has 148 valence electrons. The summed E-state index contributed by atoms with van der Waals surface area (Å²) in [4.78, 5) is 15.1. The topological polar surface area (TPSA) is 41.6 Å². The first-order valence-electron chi connectivity index (χ1n) is 10.4. The van der Waals surface area contributed by atoms with Gasteiger partial charge in [0, 0.05) is 19.0 Å². The molecule has 1 heterocycles. The van der Waals surface area contributed by atoms with Crippen molar-refractivity contribution < 1.29 is 9.53 Å². The van der Waals surface area contributed by atoms with Gasteiger partial charge < -0.3 is 10.1 Å². The van der Waals surface area contributed by atoms with Crippen LogP contribution < -0.4 is 10.1 Å². The van der Waals surface area contributed by atoms with Crippen molar-refractivity contribution in [2.45, 2.75) is 32.2 Å². The van der Waals surface area contributed by atoms with E-state index in [-0.39, 0.29) is 17.2 Å². The molecule has 1 N–H and O–H groups in total. The number of hydrogen-bond donors (Lipinski definition) is 1. The number of nitrogens with one attached hydrogen (secondary N) is 1. The minimum Gasteiger partial charge on any atom is -0.497 e. The van der Waals surface area contributed by atoms with Crippen molar-refractivity contribution in [3.8, 4) is 5.75 Å². The van der Waals surface area contributed by atoms with E-state index < -0.39 is 0 Å². The summed E-state index contributed by atoms with van der Waals surface area (Å²) in [7, 11) is 1.68. The zero-order valence-corrected chi connectivity index (χ0v) is 16.7. The molecular weight excluding hydrogens is 348 g/mol. The van der Waals surface area contributed by atoms with E-state index in [2.05, 4.69) is 46.6 Å². The molecule has 1 amide bonds. The van der Waals surface area contributed by atoms with Crippen LogP contribution in [0.15, 0.2) is 54.6 Å². The van der Waals surface area contributed by atoms with Crippen molar-refractivity contribution in [3.05, 3.63) is 65.7 Å². The maximum atomic E-state index is 12.6. The van der Waals surface area contributed by atoms with Gasteiger partial charge in [-0.2, -0.15) is 0 Å². The van der Waals surface area contributed by atoms with Crippen LogP contribution in [0.25, 0.3) is 0 Å². The van der Waals surface area contributed by atoms with Crippen LogP contribution in [-0.2, 0) is 17.8 Å². The summed E-state index contributed by atoms with van der Waals surface area (Å²) in [6.45, 7) is 3.91. The van der Waals surface area contributed by atoms with Gasteiger partial charge >= 0.3 is 0 Å². The lowest BCUT2D eigenvalue weighted by Gasteiger charge is -2.32. The molecule has 1 aliphatic heterocycles. The van der Waals surface area contributed by atoms with Crippen LogP contribution in [0.2, 0.25) is 0 Å². The molecular formula is C24H30N2O2. The van der Waals surface area contributed by atoms with Crippen LogP contribution in [0, 0.1) is 11.3 Å². The summed E-state index contributed by atoms with van der Waals surface area (Å²) in [6.07, 6.45) is 4.20. The van der Waals surface area contributed by atoms with Crippen LogP contribution in [0.5, 0.6) is 5.75 Å². The Bertz CT molecular complexity index is 797. The molecule has 4 rings (SSSR count). The highest BCUT2D eigenvalue weighted by Crippen LogP contribution is 2.59. The van der Waals surface area contributed by atoms with Gasteiger partial charge in [0.25, 0.3) is 0 Å². The van der Waals surface area contributed by atoms with Crippen molar-refractivity contribution in [1.29, 1.82) is 0 Å². The van der Waals surface area contributed by atoms with E-state index in [4.69, 9.17) is 4.74 Å². The molecule has 1 unspecified atom stereocenters. The van der Waals surface area contributed by atoms with Crippen LogP contribution in [0.4, 0.5) is 0 Å². The van der Waals surface area contributed by atoms with Gasteiger partial charge in [0.05, 0.1) is 7.11 Å². The Balaban J connectivity index is 1.20. The first-order valence-corrected chi connectivity index (χ1v) is 10.4. The number of benzene rings is 2. The third-order valence-corrected chi connectivity index (χ3v) is 6.45. The maximum Gasteiger partial charge on any atom is 0.223 e. The molecule has 1 spiro atoms. The van der Waals surface area contributed by atoms with Gasteiger partial charge in [-0.15, -0.1) is 0 Å². The molecule has 0 bridgehead atoms. The lowest BCUT2D eigenvalue weighted by Crippen LogP contribution is -2.37. The molecule has 2 fully saturated rings. The van der Waals surface area contributed by atoms with Gasteiger partial charge in [-0.1, -0.05) is 42.5 Å². The number of likely N-dealkylation sites (tertiary alicyclic amines) is 1.